The standard InChI is InChI=1S/C15H19N3O4S/c19-14(17-11-6-7-11)10-13-15(20)16-8-9-18(13)23(21,22)12-4-2-1-3-5-12/h1-5,11,13H,6-10H2,(H,16,20)(H,17,19)/t13-/m0/s1. The van der Waals surface area contributed by atoms with Gasteiger partial charge in [0.05, 0.1) is 11.3 Å². The number of sulfonamides is 1. The quantitative estimate of drug-likeness (QED) is 0.781. The van der Waals surface area contributed by atoms with Crippen LogP contribution in [0.5, 0.6) is 0 Å². The smallest absolute Gasteiger partial charge is 0.243 e. The van der Waals surface area contributed by atoms with Crippen molar-refractivity contribution < 1.29 is 18.0 Å². The highest BCUT2D eigenvalue weighted by Crippen LogP contribution is 2.23. The molecule has 2 fully saturated rings. The van der Waals surface area contributed by atoms with Crippen LogP contribution in [0.15, 0.2) is 35.2 Å². The molecule has 1 aliphatic carbocycles. The van der Waals surface area contributed by atoms with Crippen LogP contribution in [0.3, 0.4) is 0 Å². The van der Waals surface area contributed by atoms with Crippen LogP contribution in [0.4, 0.5) is 0 Å². The van der Waals surface area contributed by atoms with Crippen molar-refractivity contribution in [1.82, 2.24) is 14.9 Å². The molecule has 2 aliphatic rings. The normalized spacial score (nSPS) is 22.4. The lowest BCUT2D eigenvalue weighted by Crippen LogP contribution is -2.58. The Morgan fingerprint density at radius 2 is 1.96 bits per heavy atom. The highest BCUT2D eigenvalue weighted by molar-refractivity contribution is 7.89. The summed E-state index contributed by atoms with van der Waals surface area (Å²) in [6.45, 7) is 0.399. The van der Waals surface area contributed by atoms with E-state index in [2.05, 4.69) is 10.6 Å². The minimum Gasteiger partial charge on any atom is -0.353 e. The lowest BCUT2D eigenvalue weighted by Gasteiger charge is -2.33. The molecule has 23 heavy (non-hydrogen) atoms. The van der Waals surface area contributed by atoms with Gasteiger partial charge in [-0.3, -0.25) is 9.59 Å². The molecular formula is C15H19N3O4S. The highest BCUT2D eigenvalue weighted by Gasteiger charge is 2.40. The Hall–Kier alpha value is -1.93. The zero-order chi connectivity index (χ0) is 16.4. The maximum atomic E-state index is 12.8. The fourth-order valence-electron chi connectivity index (χ4n) is 2.59. The average molecular weight is 337 g/mol. The van der Waals surface area contributed by atoms with Gasteiger partial charge in [0.1, 0.15) is 6.04 Å². The summed E-state index contributed by atoms with van der Waals surface area (Å²) in [6, 6.07) is 7.13. The van der Waals surface area contributed by atoms with Crippen molar-refractivity contribution in [2.45, 2.75) is 36.2 Å². The summed E-state index contributed by atoms with van der Waals surface area (Å²) in [5, 5.41) is 5.43. The molecule has 8 heteroatoms. The second-order valence-electron chi connectivity index (χ2n) is 5.78. The lowest BCUT2D eigenvalue weighted by molar-refractivity contribution is -0.131. The van der Waals surface area contributed by atoms with Crippen LogP contribution in [0.25, 0.3) is 0 Å². The number of carbonyl (C=O) groups excluding carboxylic acids is 2. The zero-order valence-corrected chi connectivity index (χ0v) is 13.4. The molecule has 1 atom stereocenters. The lowest BCUT2D eigenvalue weighted by atomic mass is 10.1. The molecule has 124 valence electrons. The summed E-state index contributed by atoms with van der Waals surface area (Å²) in [4.78, 5) is 24.3. The molecule has 2 N–H and O–H groups in total. The van der Waals surface area contributed by atoms with Gasteiger partial charge in [0.2, 0.25) is 21.8 Å². The van der Waals surface area contributed by atoms with Crippen LogP contribution in [-0.2, 0) is 19.6 Å². The van der Waals surface area contributed by atoms with Gasteiger partial charge in [0, 0.05) is 19.1 Å². The van der Waals surface area contributed by atoms with Crippen LogP contribution in [0, 0.1) is 0 Å². The number of nitrogens with one attached hydrogen (secondary N) is 2. The van der Waals surface area contributed by atoms with Crippen LogP contribution in [-0.4, -0.2) is 49.7 Å². The van der Waals surface area contributed by atoms with Crippen LogP contribution < -0.4 is 10.6 Å². The Labute approximate surface area is 135 Å². The van der Waals surface area contributed by atoms with Crippen LogP contribution in [0.1, 0.15) is 19.3 Å². The van der Waals surface area contributed by atoms with Gasteiger partial charge >= 0.3 is 0 Å². The molecule has 7 nitrogen and oxygen atoms in total. The molecule has 1 saturated heterocycles. The summed E-state index contributed by atoms with van der Waals surface area (Å²) >= 11 is 0. The summed E-state index contributed by atoms with van der Waals surface area (Å²) in [5.74, 6) is -0.718. The van der Waals surface area contributed by atoms with Crippen molar-refractivity contribution in [3.63, 3.8) is 0 Å². The van der Waals surface area contributed by atoms with E-state index in [1.54, 1.807) is 18.2 Å². The average Bonchev–Trinajstić information content (AvgIpc) is 3.34. The van der Waals surface area contributed by atoms with Gasteiger partial charge in [-0.05, 0) is 25.0 Å². The third-order valence-electron chi connectivity index (χ3n) is 3.95. The molecule has 1 aromatic rings. The number of amides is 2. The van der Waals surface area contributed by atoms with Crippen molar-refractivity contribution in [3.8, 4) is 0 Å². The summed E-state index contributed by atoms with van der Waals surface area (Å²) in [5.41, 5.74) is 0. The number of nitrogens with zero attached hydrogens (tertiary/aromatic N) is 1. The van der Waals surface area contributed by atoms with Crippen molar-refractivity contribution in [2.24, 2.45) is 0 Å². The number of hydrogen-bond acceptors (Lipinski definition) is 4. The van der Waals surface area contributed by atoms with E-state index in [1.165, 1.54) is 12.1 Å². The van der Waals surface area contributed by atoms with Gasteiger partial charge in [0.15, 0.2) is 0 Å². The van der Waals surface area contributed by atoms with E-state index in [4.69, 9.17) is 0 Å². The number of rotatable bonds is 5. The number of hydrogen-bond donors (Lipinski definition) is 2. The van der Waals surface area contributed by atoms with Crippen molar-refractivity contribution in [3.05, 3.63) is 30.3 Å². The predicted octanol–water partition coefficient (Wildman–Crippen LogP) is -0.156. The Morgan fingerprint density at radius 1 is 1.26 bits per heavy atom. The van der Waals surface area contributed by atoms with Crippen LogP contribution in [0.2, 0.25) is 0 Å². The van der Waals surface area contributed by atoms with Gasteiger partial charge in [0.25, 0.3) is 0 Å². The molecule has 0 spiro atoms. The van der Waals surface area contributed by atoms with Gasteiger partial charge in [-0.15, -0.1) is 0 Å². The predicted molar refractivity (Wildman–Crippen MR) is 82.9 cm³/mol. The number of carbonyl (C=O) groups is 2. The van der Waals surface area contributed by atoms with Gasteiger partial charge in [-0.1, -0.05) is 18.2 Å². The largest absolute Gasteiger partial charge is 0.353 e. The first kappa shape index (κ1) is 15.9. The van der Waals surface area contributed by atoms with Gasteiger partial charge in [-0.25, -0.2) is 8.42 Å². The minimum atomic E-state index is -3.81. The topological polar surface area (TPSA) is 95.6 Å². The van der Waals surface area contributed by atoms with E-state index in [1.807, 2.05) is 0 Å². The van der Waals surface area contributed by atoms with E-state index >= 15 is 0 Å². The molecule has 0 radical (unpaired) electrons. The molecule has 0 unspecified atom stereocenters. The molecule has 1 heterocycles. The number of piperazine rings is 1. The Morgan fingerprint density at radius 3 is 2.61 bits per heavy atom. The SMILES string of the molecule is O=C(C[C@H]1C(=O)NCCN1S(=O)(=O)c1ccccc1)NC1CC1. The first-order chi connectivity index (χ1) is 11.0. The third-order valence-corrected chi connectivity index (χ3v) is 5.88. The fourth-order valence-corrected chi connectivity index (χ4v) is 4.20. The molecule has 1 aromatic carbocycles. The van der Waals surface area contributed by atoms with Crippen molar-refractivity contribution in [1.29, 1.82) is 0 Å². The van der Waals surface area contributed by atoms with Crippen molar-refractivity contribution >= 4 is 21.8 Å². The van der Waals surface area contributed by atoms with Crippen LogP contribution >= 0.6 is 0 Å². The summed E-state index contributed by atoms with van der Waals surface area (Å²) < 4.78 is 26.7. The Kier molecular flexibility index (Phi) is 4.36. The van der Waals surface area contributed by atoms with Gasteiger partial charge < -0.3 is 10.6 Å². The van der Waals surface area contributed by atoms with Gasteiger partial charge in [-0.2, -0.15) is 4.31 Å². The van der Waals surface area contributed by atoms with E-state index in [9.17, 15) is 18.0 Å². The van der Waals surface area contributed by atoms with E-state index in [0.717, 1.165) is 17.1 Å². The summed E-state index contributed by atoms with van der Waals surface area (Å²) in [6.07, 6.45) is 1.72. The second kappa shape index (κ2) is 6.29. The molecule has 1 saturated carbocycles. The molecule has 0 aromatic heterocycles. The van der Waals surface area contributed by atoms with E-state index in [0.29, 0.717) is 0 Å². The molecular weight excluding hydrogens is 318 g/mol. The molecule has 2 amide bonds. The third kappa shape index (κ3) is 3.53. The summed E-state index contributed by atoms with van der Waals surface area (Å²) in [7, 11) is -3.81. The molecule has 3 rings (SSSR count). The Balaban J connectivity index is 1.82. The minimum absolute atomic E-state index is 0.127. The highest BCUT2D eigenvalue weighted by atomic mass is 32.2. The first-order valence-corrected chi connectivity index (χ1v) is 9.06. The van der Waals surface area contributed by atoms with Crippen molar-refractivity contribution in [2.75, 3.05) is 13.1 Å². The maximum absolute atomic E-state index is 12.8. The first-order valence-electron chi connectivity index (χ1n) is 7.62. The monoisotopic (exact) mass is 337 g/mol. The molecule has 1 aliphatic heterocycles. The van der Waals surface area contributed by atoms with E-state index < -0.39 is 22.0 Å². The zero-order valence-electron chi connectivity index (χ0n) is 12.6. The molecule has 0 bridgehead atoms. The Bertz CT molecular complexity index is 701. The maximum Gasteiger partial charge on any atom is 0.243 e. The van der Waals surface area contributed by atoms with E-state index in [-0.39, 0.29) is 36.4 Å². The second-order valence-corrected chi connectivity index (χ2v) is 7.67. The fraction of sp³-hybridized carbons (Fsp3) is 0.467. The number of benzene rings is 1.